The Kier molecular flexibility index (Phi) is 2.15. The Hall–Kier alpha value is -1.46. The number of aryl methyl sites for hydroxylation is 1. The van der Waals surface area contributed by atoms with Crippen LogP contribution in [0.25, 0.3) is 0 Å². The zero-order chi connectivity index (χ0) is 8.27. The normalized spacial score (nSPS) is 9.91. The van der Waals surface area contributed by atoms with Crippen molar-refractivity contribution < 1.29 is 9.90 Å². The van der Waals surface area contributed by atoms with Gasteiger partial charge in [-0.05, 0) is 16.8 Å². The Balaban J connectivity index is 2.87. The van der Waals surface area contributed by atoms with E-state index in [0.29, 0.717) is 6.54 Å². The molecule has 0 amide bonds. The Labute approximate surface area is 62.8 Å². The summed E-state index contributed by atoms with van der Waals surface area (Å²) in [6.45, 7) is 2.46. The molecule has 0 radical (unpaired) electrons. The highest BCUT2D eigenvalue weighted by atomic mass is 16.4. The zero-order valence-corrected chi connectivity index (χ0v) is 6.06. The Morgan fingerprint density at radius 3 is 3.00 bits per heavy atom. The lowest BCUT2D eigenvalue weighted by Crippen LogP contribution is -2.10. The molecule has 6 nitrogen and oxygen atoms in total. The summed E-state index contributed by atoms with van der Waals surface area (Å²) < 4.78 is 1.27. The molecule has 6 heteroatoms. The van der Waals surface area contributed by atoms with Crippen LogP contribution in [0.5, 0.6) is 0 Å². The topological polar surface area (TPSA) is 80.9 Å². The number of tetrazole rings is 1. The van der Waals surface area contributed by atoms with Crippen molar-refractivity contribution in [1.29, 1.82) is 0 Å². The van der Waals surface area contributed by atoms with Crippen LogP contribution in [0, 0.1) is 0 Å². The molecule has 0 atom stereocenters. The first kappa shape index (κ1) is 7.64. The zero-order valence-electron chi connectivity index (χ0n) is 6.06. The Morgan fingerprint density at radius 1 is 1.73 bits per heavy atom. The van der Waals surface area contributed by atoms with E-state index in [-0.39, 0.29) is 5.82 Å². The minimum absolute atomic E-state index is 0.105. The number of hydrogen-bond acceptors (Lipinski definition) is 4. The average molecular weight is 156 g/mol. The summed E-state index contributed by atoms with van der Waals surface area (Å²) in [4.78, 5) is 10.4. The molecule has 60 valence electrons. The molecule has 1 rings (SSSR count). The third kappa shape index (κ3) is 1.51. The van der Waals surface area contributed by atoms with Gasteiger partial charge < -0.3 is 5.11 Å². The summed E-state index contributed by atoms with van der Waals surface area (Å²) in [7, 11) is 0. The lowest BCUT2D eigenvalue weighted by molar-refractivity contribution is 0.0676. The maximum atomic E-state index is 10.4. The molecule has 0 aliphatic heterocycles. The second-order valence-electron chi connectivity index (χ2n) is 2.03. The number of hydrogen-bond donors (Lipinski definition) is 1. The van der Waals surface area contributed by atoms with E-state index in [9.17, 15) is 4.79 Å². The molecule has 1 N–H and O–H groups in total. The largest absolute Gasteiger partial charge is 0.475 e. The van der Waals surface area contributed by atoms with Gasteiger partial charge in [-0.3, -0.25) is 0 Å². The number of carbonyl (C=O) groups is 1. The van der Waals surface area contributed by atoms with E-state index in [4.69, 9.17) is 5.11 Å². The van der Waals surface area contributed by atoms with Gasteiger partial charge in [-0.15, -0.1) is 5.10 Å². The monoisotopic (exact) mass is 156 g/mol. The van der Waals surface area contributed by atoms with Crippen LogP contribution in [0.3, 0.4) is 0 Å². The van der Waals surface area contributed by atoms with Crippen LogP contribution >= 0.6 is 0 Å². The third-order valence-corrected chi connectivity index (χ3v) is 1.16. The highest BCUT2D eigenvalue weighted by Gasteiger charge is 2.11. The summed E-state index contributed by atoms with van der Waals surface area (Å²) in [5.74, 6) is -1.20. The predicted octanol–water partition coefficient (Wildman–Crippen LogP) is -0.219. The van der Waals surface area contributed by atoms with Gasteiger partial charge >= 0.3 is 5.97 Å². The van der Waals surface area contributed by atoms with Gasteiger partial charge in [0.2, 0.25) is 0 Å². The number of aromatic carboxylic acids is 1. The van der Waals surface area contributed by atoms with Gasteiger partial charge in [0.05, 0.1) is 0 Å². The van der Waals surface area contributed by atoms with Crippen LogP contribution in [0.1, 0.15) is 24.0 Å². The molecule has 1 heterocycles. The Morgan fingerprint density at radius 2 is 2.45 bits per heavy atom. The molecule has 11 heavy (non-hydrogen) atoms. The second kappa shape index (κ2) is 3.09. The van der Waals surface area contributed by atoms with Gasteiger partial charge in [-0.1, -0.05) is 6.92 Å². The van der Waals surface area contributed by atoms with Crippen LogP contribution < -0.4 is 0 Å². The van der Waals surface area contributed by atoms with Crippen LogP contribution in [0.2, 0.25) is 0 Å². The number of rotatable bonds is 3. The summed E-state index contributed by atoms with van der Waals surface area (Å²) in [5.41, 5.74) is 0. The van der Waals surface area contributed by atoms with E-state index < -0.39 is 5.97 Å². The lowest BCUT2D eigenvalue weighted by atomic mass is 10.5. The van der Waals surface area contributed by atoms with Gasteiger partial charge in [0.15, 0.2) is 0 Å². The van der Waals surface area contributed by atoms with Gasteiger partial charge in [0.1, 0.15) is 0 Å². The van der Waals surface area contributed by atoms with E-state index in [1.54, 1.807) is 0 Å². The highest BCUT2D eigenvalue weighted by molar-refractivity contribution is 5.82. The first-order chi connectivity index (χ1) is 5.25. The van der Waals surface area contributed by atoms with Crippen molar-refractivity contribution in [3.63, 3.8) is 0 Å². The second-order valence-corrected chi connectivity index (χ2v) is 2.03. The quantitative estimate of drug-likeness (QED) is 0.654. The van der Waals surface area contributed by atoms with E-state index in [1.807, 2.05) is 6.92 Å². The lowest BCUT2D eigenvalue weighted by Gasteiger charge is -1.95. The predicted molar refractivity (Wildman–Crippen MR) is 35.1 cm³/mol. The fourth-order valence-electron chi connectivity index (χ4n) is 0.720. The van der Waals surface area contributed by atoms with Gasteiger partial charge in [-0.2, -0.15) is 0 Å². The van der Waals surface area contributed by atoms with E-state index in [2.05, 4.69) is 15.5 Å². The molecule has 0 saturated heterocycles. The third-order valence-electron chi connectivity index (χ3n) is 1.16. The minimum Gasteiger partial charge on any atom is -0.475 e. The smallest absolute Gasteiger partial charge is 0.375 e. The number of aromatic nitrogens is 4. The van der Waals surface area contributed by atoms with Crippen LogP contribution in [-0.2, 0) is 6.54 Å². The van der Waals surface area contributed by atoms with Gasteiger partial charge in [-0.25, -0.2) is 9.48 Å². The van der Waals surface area contributed by atoms with E-state index in [1.165, 1.54) is 4.68 Å². The van der Waals surface area contributed by atoms with Crippen molar-refractivity contribution in [2.24, 2.45) is 0 Å². The molecular formula is C5H8N4O2. The molecule has 0 fully saturated rings. The fourth-order valence-corrected chi connectivity index (χ4v) is 0.720. The molecule has 0 unspecified atom stereocenters. The summed E-state index contributed by atoms with van der Waals surface area (Å²) in [5, 5.41) is 18.6. The summed E-state index contributed by atoms with van der Waals surface area (Å²) >= 11 is 0. The fraction of sp³-hybridized carbons (Fsp3) is 0.600. The van der Waals surface area contributed by atoms with E-state index in [0.717, 1.165) is 6.42 Å². The molecule has 1 aromatic heterocycles. The van der Waals surface area contributed by atoms with Crippen molar-refractivity contribution in [2.45, 2.75) is 19.9 Å². The SMILES string of the molecule is CCCn1nnnc1C(=O)O. The molecule has 0 aliphatic rings. The maximum Gasteiger partial charge on any atom is 0.375 e. The van der Waals surface area contributed by atoms with Crippen molar-refractivity contribution in [3.05, 3.63) is 5.82 Å². The van der Waals surface area contributed by atoms with Gasteiger partial charge in [0, 0.05) is 6.54 Å². The summed E-state index contributed by atoms with van der Waals surface area (Å²) in [6.07, 6.45) is 0.811. The number of carboxylic acids is 1. The van der Waals surface area contributed by atoms with Crippen molar-refractivity contribution in [3.8, 4) is 0 Å². The summed E-state index contributed by atoms with van der Waals surface area (Å²) in [6, 6.07) is 0. The Bertz CT molecular complexity index is 257. The van der Waals surface area contributed by atoms with E-state index >= 15 is 0 Å². The minimum atomic E-state index is -1.09. The standard InChI is InChI=1S/C5H8N4O2/c1-2-3-9-4(5(10)11)6-7-8-9/h2-3H2,1H3,(H,10,11). The van der Waals surface area contributed by atoms with Crippen LogP contribution in [0.15, 0.2) is 0 Å². The first-order valence-corrected chi connectivity index (χ1v) is 3.25. The molecule has 1 aromatic rings. The first-order valence-electron chi connectivity index (χ1n) is 3.25. The molecule has 0 saturated carbocycles. The average Bonchev–Trinajstić information content (AvgIpc) is 2.36. The molecule has 0 aliphatic carbocycles. The van der Waals surface area contributed by atoms with Crippen LogP contribution in [0.4, 0.5) is 0 Å². The molecule has 0 aromatic carbocycles. The van der Waals surface area contributed by atoms with Crippen molar-refractivity contribution in [2.75, 3.05) is 0 Å². The molecular weight excluding hydrogens is 148 g/mol. The molecule has 0 spiro atoms. The molecule has 0 bridgehead atoms. The number of carboxylic acid groups (broad SMARTS) is 1. The van der Waals surface area contributed by atoms with Crippen molar-refractivity contribution >= 4 is 5.97 Å². The highest BCUT2D eigenvalue weighted by Crippen LogP contribution is 1.92. The van der Waals surface area contributed by atoms with Crippen LogP contribution in [-0.4, -0.2) is 31.3 Å². The van der Waals surface area contributed by atoms with Gasteiger partial charge in [0.25, 0.3) is 5.82 Å². The van der Waals surface area contributed by atoms with Crippen molar-refractivity contribution in [1.82, 2.24) is 20.2 Å². The number of nitrogens with zero attached hydrogens (tertiary/aromatic N) is 4. The maximum absolute atomic E-state index is 10.4.